The highest BCUT2D eigenvalue weighted by molar-refractivity contribution is 5.91. The second kappa shape index (κ2) is 3.81. The fraction of sp³-hybridized carbons (Fsp3) is 0.200. The summed E-state index contributed by atoms with van der Waals surface area (Å²) in [6.07, 6.45) is 5.32. The molecule has 1 heterocycles. The van der Waals surface area contributed by atoms with Crippen molar-refractivity contribution >= 4 is 11.9 Å². The molecule has 0 amide bonds. The van der Waals surface area contributed by atoms with Crippen LogP contribution in [0.2, 0.25) is 0 Å². The predicted octanol–water partition coefficient (Wildman–Crippen LogP) is 1.11. The van der Waals surface area contributed by atoms with E-state index < -0.39 is 0 Å². The minimum absolute atomic E-state index is 0.0684. The lowest BCUT2D eigenvalue weighted by Crippen LogP contribution is -2.30. The zero-order valence-electron chi connectivity index (χ0n) is 7.32. The number of nitrogens with zero attached hydrogens (tertiary/aromatic N) is 1. The molecule has 0 fully saturated rings. The van der Waals surface area contributed by atoms with E-state index in [1.165, 1.54) is 0 Å². The Hall–Kier alpha value is -1.44. The first-order chi connectivity index (χ1) is 5.70. The lowest BCUT2D eigenvalue weighted by Gasteiger charge is -1.90. The molecule has 1 aromatic rings. The van der Waals surface area contributed by atoms with E-state index in [1.807, 2.05) is 42.1 Å². The molecule has 0 saturated heterocycles. The molecule has 2 nitrogen and oxygen atoms in total. The number of carbonyl (C=O) groups is 1. The second-order valence-corrected chi connectivity index (χ2v) is 2.68. The summed E-state index contributed by atoms with van der Waals surface area (Å²) in [7, 11) is 1.94. The average molecular weight is 162 g/mol. The number of allylic oxidation sites excluding steroid dienone is 1. The number of carbonyl (C=O) groups excluding carboxylic acids is 1. The van der Waals surface area contributed by atoms with Crippen LogP contribution in [0.3, 0.4) is 0 Å². The molecular formula is C10H12NO+. The smallest absolute Gasteiger partial charge is 0.205 e. The fourth-order valence-corrected chi connectivity index (χ4v) is 0.912. The number of ketones is 1. The first-order valence-corrected chi connectivity index (χ1v) is 3.83. The molecule has 0 radical (unpaired) electrons. The molecular weight excluding hydrogens is 150 g/mol. The molecule has 0 N–H and O–H groups in total. The Morgan fingerprint density at radius 1 is 1.50 bits per heavy atom. The van der Waals surface area contributed by atoms with Gasteiger partial charge in [-0.15, -0.1) is 0 Å². The van der Waals surface area contributed by atoms with Gasteiger partial charge in [0.25, 0.3) is 0 Å². The second-order valence-electron chi connectivity index (χ2n) is 2.68. The molecule has 0 aromatic carbocycles. The van der Waals surface area contributed by atoms with E-state index in [4.69, 9.17) is 0 Å². The maximum Gasteiger partial charge on any atom is 0.205 e. The van der Waals surface area contributed by atoms with Crippen LogP contribution in [-0.4, -0.2) is 5.78 Å². The van der Waals surface area contributed by atoms with Crippen LogP contribution in [0.15, 0.2) is 30.5 Å². The first kappa shape index (κ1) is 8.65. The summed E-state index contributed by atoms with van der Waals surface area (Å²) < 4.78 is 1.96. The van der Waals surface area contributed by atoms with Crippen molar-refractivity contribution < 1.29 is 9.36 Å². The van der Waals surface area contributed by atoms with Crippen LogP contribution in [0.1, 0.15) is 12.6 Å². The first-order valence-electron chi connectivity index (χ1n) is 3.83. The Labute approximate surface area is 72.2 Å². The lowest BCUT2D eigenvalue weighted by atomic mass is 10.3. The quantitative estimate of drug-likeness (QED) is 0.471. The Morgan fingerprint density at radius 3 is 2.83 bits per heavy atom. The van der Waals surface area contributed by atoms with Crippen molar-refractivity contribution in [1.82, 2.24) is 0 Å². The molecule has 0 aliphatic carbocycles. The van der Waals surface area contributed by atoms with E-state index in [-0.39, 0.29) is 5.78 Å². The predicted molar refractivity (Wildman–Crippen MR) is 47.3 cm³/mol. The molecule has 62 valence electrons. The van der Waals surface area contributed by atoms with Crippen LogP contribution in [0.5, 0.6) is 0 Å². The van der Waals surface area contributed by atoms with E-state index in [2.05, 4.69) is 0 Å². The fourth-order valence-electron chi connectivity index (χ4n) is 0.912. The van der Waals surface area contributed by atoms with Crippen LogP contribution < -0.4 is 4.57 Å². The molecule has 12 heavy (non-hydrogen) atoms. The number of hydrogen-bond acceptors (Lipinski definition) is 1. The van der Waals surface area contributed by atoms with Gasteiger partial charge in [0.2, 0.25) is 5.69 Å². The van der Waals surface area contributed by atoms with Crippen molar-refractivity contribution in [3.05, 3.63) is 36.2 Å². The minimum atomic E-state index is 0.0684. The van der Waals surface area contributed by atoms with Gasteiger partial charge in [0, 0.05) is 18.2 Å². The summed E-state index contributed by atoms with van der Waals surface area (Å²) in [4.78, 5) is 10.6. The Morgan fingerprint density at radius 2 is 2.25 bits per heavy atom. The zero-order chi connectivity index (χ0) is 8.97. The third kappa shape index (κ3) is 2.31. The molecule has 2 heteroatoms. The van der Waals surface area contributed by atoms with Crippen molar-refractivity contribution in [2.45, 2.75) is 6.92 Å². The Balaban J connectivity index is 2.89. The summed E-state index contributed by atoms with van der Waals surface area (Å²) in [5.74, 6) is 0.0684. The molecule has 0 bridgehead atoms. The van der Waals surface area contributed by atoms with Crippen molar-refractivity contribution in [2.24, 2.45) is 7.05 Å². The standard InChI is InChI=1S/C10H12NO/c1-9(12)6-7-10-5-3-4-8-11(10)2/h3-8H,1-2H3/q+1/b7-6+. The van der Waals surface area contributed by atoms with Crippen LogP contribution in [-0.2, 0) is 11.8 Å². The zero-order valence-corrected chi connectivity index (χ0v) is 7.32. The summed E-state index contributed by atoms with van der Waals surface area (Å²) in [6.45, 7) is 1.54. The third-order valence-electron chi connectivity index (χ3n) is 1.58. The van der Waals surface area contributed by atoms with E-state index in [0.717, 1.165) is 5.69 Å². The molecule has 0 spiro atoms. The van der Waals surface area contributed by atoms with Crippen LogP contribution in [0.25, 0.3) is 6.08 Å². The van der Waals surface area contributed by atoms with Gasteiger partial charge in [-0.25, -0.2) is 4.57 Å². The normalized spacial score (nSPS) is 10.5. The number of hydrogen-bond donors (Lipinski definition) is 0. The van der Waals surface area contributed by atoms with Crippen LogP contribution in [0, 0.1) is 0 Å². The average Bonchev–Trinajstić information content (AvgIpc) is 2.03. The molecule has 0 unspecified atom stereocenters. The van der Waals surface area contributed by atoms with Crippen LogP contribution >= 0.6 is 0 Å². The lowest BCUT2D eigenvalue weighted by molar-refractivity contribution is -0.673. The van der Waals surface area contributed by atoms with Gasteiger partial charge in [0.05, 0.1) is 0 Å². The van der Waals surface area contributed by atoms with E-state index in [1.54, 1.807) is 13.0 Å². The van der Waals surface area contributed by atoms with Gasteiger partial charge in [0.1, 0.15) is 7.05 Å². The third-order valence-corrected chi connectivity index (χ3v) is 1.58. The highest BCUT2D eigenvalue weighted by atomic mass is 16.1. The Kier molecular flexibility index (Phi) is 2.75. The van der Waals surface area contributed by atoms with E-state index in [0.29, 0.717) is 0 Å². The number of rotatable bonds is 2. The van der Waals surface area contributed by atoms with Crippen molar-refractivity contribution in [3.8, 4) is 0 Å². The Bertz CT molecular complexity index is 315. The van der Waals surface area contributed by atoms with Gasteiger partial charge >= 0.3 is 0 Å². The van der Waals surface area contributed by atoms with Gasteiger partial charge in [-0.1, -0.05) is 0 Å². The number of pyridine rings is 1. The highest BCUT2D eigenvalue weighted by Crippen LogP contribution is 1.93. The van der Waals surface area contributed by atoms with Gasteiger partial charge in [-0.05, 0) is 19.1 Å². The van der Waals surface area contributed by atoms with Gasteiger partial charge in [0.15, 0.2) is 12.0 Å². The van der Waals surface area contributed by atoms with E-state index >= 15 is 0 Å². The largest absolute Gasteiger partial charge is 0.295 e. The van der Waals surface area contributed by atoms with Crippen LogP contribution in [0.4, 0.5) is 0 Å². The molecule has 1 aromatic heterocycles. The van der Waals surface area contributed by atoms with Crippen molar-refractivity contribution in [3.63, 3.8) is 0 Å². The minimum Gasteiger partial charge on any atom is -0.295 e. The topological polar surface area (TPSA) is 20.9 Å². The summed E-state index contributed by atoms with van der Waals surface area (Å²) in [5.41, 5.74) is 1.02. The van der Waals surface area contributed by atoms with Crippen molar-refractivity contribution in [2.75, 3.05) is 0 Å². The van der Waals surface area contributed by atoms with Crippen molar-refractivity contribution in [1.29, 1.82) is 0 Å². The SMILES string of the molecule is CC(=O)/C=C/c1cccc[n+]1C. The van der Waals surface area contributed by atoms with Gasteiger partial charge in [-0.2, -0.15) is 0 Å². The number of aryl methyl sites for hydroxylation is 1. The van der Waals surface area contributed by atoms with Gasteiger partial charge in [-0.3, -0.25) is 4.79 Å². The molecule has 0 aliphatic heterocycles. The molecule has 1 rings (SSSR count). The summed E-state index contributed by atoms with van der Waals surface area (Å²) in [5, 5.41) is 0. The number of aromatic nitrogens is 1. The highest BCUT2D eigenvalue weighted by Gasteiger charge is 1.98. The molecule has 0 aliphatic rings. The van der Waals surface area contributed by atoms with Gasteiger partial charge < -0.3 is 0 Å². The maximum absolute atomic E-state index is 10.6. The maximum atomic E-state index is 10.6. The monoisotopic (exact) mass is 162 g/mol. The van der Waals surface area contributed by atoms with E-state index in [9.17, 15) is 4.79 Å². The molecule has 0 atom stereocenters. The summed E-state index contributed by atoms with van der Waals surface area (Å²) >= 11 is 0. The molecule has 0 saturated carbocycles. The summed E-state index contributed by atoms with van der Waals surface area (Å²) in [6, 6.07) is 5.85.